The summed E-state index contributed by atoms with van der Waals surface area (Å²) in [6, 6.07) is 1.33. The fraction of sp³-hybridized carbons (Fsp3) is 1.00. The zero-order valence-corrected chi connectivity index (χ0v) is 11.5. The lowest BCUT2D eigenvalue weighted by atomic mass is 10.0. The molecule has 0 saturated carbocycles. The van der Waals surface area contributed by atoms with Crippen LogP contribution in [-0.4, -0.2) is 49.3 Å². The zero-order valence-electron chi connectivity index (χ0n) is 11.5. The van der Waals surface area contributed by atoms with Gasteiger partial charge in [-0.3, -0.25) is 4.90 Å². The molecule has 3 heteroatoms. The van der Waals surface area contributed by atoms with Crippen LogP contribution in [0.15, 0.2) is 0 Å². The number of rotatable bonds is 5. The maximum absolute atomic E-state index is 5.77. The summed E-state index contributed by atoms with van der Waals surface area (Å²) in [5, 5.41) is 3.59. The van der Waals surface area contributed by atoms with Gasteiger partial charge in [-0.2, -0.15) is 0 Å². The summed E-state index contributed by atoms with van der Waals surface area (Å²) >= 11 is 0. The van der Waals surface area contributed by atoms with Gasteiger partial charge in [0.15, 0.2) is 0 Å². The predicted octanol–water partition coefficient (Wildman–Crippen LogP) is 2.02. The van der Waals surface area contributed by atoms with Gasteiger partial charge in [0.05, 0.1) is 6.10 Å². The van der Waals surface area contributed by atoms with E-state index in [1.54, 1.807) is 0 Å². The van der Waals surface area contributed by atoms with Crippen LogP contribution in [-0.2, 0) is 4.74 Å². The van der Waals surface area contributed by atoms with Crippen molar-refractivity contribution < 1.29 is 4.74 Å². The second-order valence-corrected chi connectivity index (χ2v) is 5.84. The molecule has 0 bridgehead atoms. The third-order valence-corrected chi connectivity index (χ3v) is 3.97. The highest BCUT2D eigenvalue weighted by Gasteiger charge is 2.26. The first-order valence-corrected chi connectivity index (χ1v) is 7.34. The molecule has 0 aliphatic carbocycles. The van der Waals surface area contributed by atoms with E-state index in [0.29, 0.717) is 12.1 Å². The fourth-order valence-electron chi connectivity index (χ4n) is 2.95. The maximum Gasteiger partial charge on any atom is 0.0702 e. The molecule has 0 aromatic heterocycles. The number of likely N-dealkylation sites (tertiary alicyclic amines) is 1. The monoisotopic (exact) mass is 240 g/mol. The average Bonchev–Trinajstić information content (AvgIpc) is 2.80. The van der Waals surface area contributed by atoms with Gasteiger partial charge >= 0.3 is 0 Å². The van der Waals surface area contributed by atoms with E-state index < -0.39 is 0 Å². The molecule has 2 saturated heterocycles. The van der Waals surface area contributed by atoms with Crippen LogP contribution in [0, 0.1) is 0 Å². The van der Waals surface area contributed by atoms with Crippen molar-refractivity contribution in [3.05, 3.63) is 0 Å². The van der Waals surface area contributed by atoms with Crippen molar-refractivity contribution in [2.75, 3.05) is 26.2 Å². The van der Waals surface area contributed by atoms with Crippen LogP contribution in [0.2, 0.25) is 0 Å². The molecular weight excluding hydrogens is 212 g/mol. The van der Waals surface area contributed by atoms with Crippen molar-refractivity contribution in [1.29, 1.82) is 0 Å². The molecule has 0 radical (unpaired) electrons. The van der Waals surface area contributed by atoms with E-state index in [4.69, 9.17) is 4.74 Å². The Bertz CT molecular complexity index is 214. The van der Waals surface area contributed by atoms with Crippen molar-refractivity contribution in [3.8, 4) is 0 Å². The Kier molecular flexibility index (Phi) is 5.26. The van der Waals surface area contributed by atoms with E-state index in [1.807, 2.05) is 0 Å². The second-order valence-electron chi connectivity index (χ2n) is 5.84. The Morgan fingerprint density at radius 3 is 2.82 bits per heavy atom. The van der Waals surface area contributed by atoms with Gasteiger partial charge in [-0.05, 0) is 32.2 Å². The highest BCUT2D eigenvalue weighted by atomic mass is 16.5. The number of piperidine rings is 1. The summed E-state index contributed by atoms with van der Waals surface area (Å²) < 4.78 is 5.77. The van der Waals surface area contributed by atoms with E-state index in [-0.39, 0.29) is 0 Å². The van der Waals surface area contributed by atoms with E-state index in [9.17, 15) is 0 Å². The van der Waals surface area contributed by atoms with Crippen LogP contribution in [0.3, 0.4) is 0 Å². The topological polar surface area (TPSA) is 24.5 Å². The first-order valence-electron chi connectivity index (χ1n) is 7.34. The molecule has 2 heterocycles. The van der Waals surface area contributed by atoms with Crippen LogP contribution < -0.4 is 5.32 Å². The zero-order chi connectivity index (χ0) is 12.1. The fourth-order valence-corrected chi connectivity index (χ4v) is 2.95. The summed E-state index contributed by atoms with van der Waals surface area (Å²) in [7, 11) is 0. The van der Waals surface area contributed by atoms with Gasteiger partial charge in [-0.15, -0.1) is 0 Å². The average molecular weight is 240 g/mol. The van der Waals surface area contributed by atoms with E-state index in [2.05, 4.69) is 24.1 Å². The van der Waals surface area contributed by atoms with E-state index in [1.165, 1.54) is 38.6 Å². The van der Waals surface area contributed by atoms with Crippen molar-refractivity contribution in [2.24, 2.45) is 0 Å². The van der Waals surface area contributed by atoms with Crippen LogP contribution in [0.4, 0.5) is 0 Å². The van der Waals surface area contributed by atoms with Gasteiger partial charge in [0.1, 0.15) is 0 Å². The quantitative estimate of drug-likeness (QED) is 0.795. The molecule has 2 rings (SSSR count). The number of hydrogen-bond acceptors (Lipinski definition) is 3. The molecular formula is C14H28N2O. The first kappa shape index (κ1) is 13.3. The predicted molar refractivity (Wildman–Crippen MR) is 71.3 cm³/mol. The van der Waals surface area contributed by atoms with E-state index in [0.717, 1.165) is 25.7 Å². The maximum atomic E-state index is 5.77. The summed E-state index contributed by atoms with van der Waals surface area (Å²) in [5.74, 6) is 0. The molecule has 0 amide bonds. The Morgan fingerprint density at radius 1 is 1.24 bits per heavy atom. The molecule has 3 nitrogen and oxygen atoms in total. The van der Waals surface area contributed by atoms with Gasteiger partial charge in [0.25, 0.3) is 0 Å². The highest BCUT2D eigenvalue weighted by molar-refractivity contribution is 4.82. The van der Waals surface area contributed by atoms with Crippen molar-refractivity contribution in [1.82, 2.24) is 10.2 Å². The van der Waals surface area contributed by atoms with Gasteiger partial charge < -0.3 is 10.1 Å². The van der Waals surface area contributed by atoms with Crippen LogP contribution in [0.25, 0.3) is 0 Å². The number of nitrogens with one attached hydrogen (secondary N) is 1. The van der Waals surface area contributed by atoms with Gasteiger partial charge in [-0.1, -0.05) is 20.3 Å². The summed E-state index contributed by atoms with van der Waals surface area (Å²) in [4.78, 5) is 2.66. The Morgan fingerprint density at radius 2 is 2.12 bits per heavy atom. The third-order valence-electron chi connectivity index (χ3n) is 3.97. The molecule has 0 aromatic rings. The SMILES string of the molecule is CC(C)NCC1CCCCN1CC1CCCO1. The molecule has 2 fully saturated rings. The number of hydrogen-bond donors (Lipinski definition) is 1. The molecule has 2 aliphatic rings. The van der Waals surface area contributed by atoms with Crippen molar-refractivity contribution in [3.63, 3.8) is 0 Å². The minimum absolute atomic E-state index is 0.509. The van der Waals surface area contributed by atoms with E-state index >= 15 is 0 Å². The molecule has 100 valence electrons. The van der Waals surface area contributed by atoms with Crippen LogP contribution in [0.5, 0.6) is 0 Å². The summed E-state index contributed by atoms with van der Waals surface area (Å²) in [5.41, 5.74) is 0. The molecule has 17 heavy (non-hydrogen) atoms. The second kappa shape index (κ2) is 6.72. The third kappa shape index (κ3) is 4.23. The Labute approximate surface area is 106 Å². The lowest BCUT2D eigenvalue weighted by Gasteiger charge is -2.37. The Hall–Kier alpha value is -0.120. The van der Waals surface area contributed by atoms with Gasteiger partial charge in [0.2, 0.25) is 0 Å². The number of nitrogens with zero attached hydrogens (tertiary/aromatic N) is 1. The molecule has 2 unspecified atom stereocenters. The lowest BCUT2D eigenvalue weighted by molar-refractivity contribution is 0.0439. The normalized spacial score (nSPS) is 31.2. The number of ether oxygens (including phenoxy) is 1. The largest absolute Gasteiger partial charge is 0.377 e. The first-order chi connectivity index (χ1) is 8.25. The van der Waals surface area contributed by atoms with Crippen molar-refractivity contribution >= 4 is 0 Å². The Balaban J connectivity index is 1.78. The molecule has 0 spiro atoms. The smallest absolute Gasteiger partial charge is 0.0702 e. The molecule has 1 N–H and O–H groups in total. The van der Waals surface area contributed by atoms with Crippen LogP contribution >= 0.6 is 0 Å². The van der Waals surface area contributed by atoms with Gasteiger partial charge in [-0.25, -0.2) is 0 Å². The summed E-state index contributed by atoms with van der Waals surface area (Å²) in [6.45, 7) is 9.01. The minimum atomic E-state index is 0.509. The summed E-state index contributed by atoms with van der Waals surface area (Å²) in [6.07, 6.45) is 7.15. The van der Waals surface area contributed by atoms with Crippen molar-refractivity contribution in [2.45, 2.75) is 64.1 Å². The molecule has 2 atom stereocenters. The highest BCUT2D eigenvalue weighted by Crippen LogP contribution is 2.20. The van der Waals surface area contributed by atoms with Gasteiger partial charge in [0, 0.05) is 31.8 Å². The minimum Gasteiger partial charge on any atom is -0.377 e. The lowest BCUT2D eigenvalue weighted by Crippen LogP contribution is -2.49. The standard InChI is InChI=1S/C14H28N2O/c1-12(2)15-10-13-6-3-4-8-16(13)11-14-7-5-9-17-14/h12-15H,3-11H2,1-2H3. The van der Waals surface area contributed by atoms with Crippen LogP contribution in [0.1, 0.15) is 46.0 Å². The molecule has 0 aromatic carbocycles. The molecule has 2 aliphatic heterocycles.